The second-order valence-corrected chi connectivity index (χ2v) is 6.35. The maximum Gasteiger partial charge on any atom is 0.165 e. The van der Waals surface area contributed by atoms with Crippen molar-refractivity contribution in [3.8, 4) is 5.75 Å². The standard InChI is InChI=1S/C18H28FNO/c1-5-6-7-8-9-12-21-17-11-10-15(13-16(17)19)14-20-18(2,3)4/h5,10-11,13,20H,1,6-9,12,14H2,2-4H3. The fourth-order valence-electron chi connectivity index (χ4n) is 1.89. The van der Waals surface area contributed by atoms with Gasteiger partial charge in [-0.1, -0.05) is 12.1 Å². The molecule has 0 aliphatic rings. The van der Waals surface area contributed by atoms with Crippen molar-refractivity contribution in [1.82, 2.24) is 5.32 Å². The van der Waals surface area contributed by atoms with Crippen LogP contribution in [0.2, 0.25) is 0 Å². The molecule has 3 heteroatoms. The van der Waals surface area contributed by atoms with Gasteiger partial charge in [-0.3, -0.25) is 0 Å². The zero-order chi connectivity index (χ0) is 15.7. The summed E-state index contributed by atoms with van der Waals surface area (Å²) in [5.41, 5.74) is 0.956. The van der Waals surface area contributed by atoms with Crippen molar-refractivity contribution in [2.45, 2.75) is 58.5 Å². The molecule has 0 aliphatic heterocycles. The third-order valence-corrected chi connectivity index (χ3v) is 3.13. The number of hydrogen-bond donors (Lipinski definition) is 1. The van der Waals surface area contributed by atoms with Crippen LogP contribution in [0.5, 0.6) is 5.75 Å². The van der Waals surface area contributed by atoms with Gasteiger partial charge in [-0.05, 0) is 64.2 Å². The molecule has 1 aromatic carbocycles. The van der Waals surface area contributed by atoms with E-state index in [1.165, 1.54) is 0 Å². The molecule has 1 N–H and O–H groups in total. The summed E-state index contributed by atoms with van der Waals surface area (Å²) in [6.07, 6.45) is 6.10. The molecular formula is C18H28FNO. The van der Waals surface area contributed by atoms with Crippen LogP contribution in [0.15, 0.2) is 30.9 Å². The van der Waals surface area contributed by atoms with Crippen LogP contribution in [0.25, 0.3) is 0 Å². The second-order valence-electron chi connectivity index (χ2n) is 6.35. The van der Waals surface area contributed by atoms with Crippen molar-refractivity contribution >= 4 is 0 Å². The summed E-state index contributed by atoms with van der Waals surface area (Å²) in [6.45, 7) is 11.2. The van der Waals surface area contributed by atoms with E-state index >= 15 is 0 Å². The lowest BCUT2D eigenvalue weighted by molar-refractivity contribution is 0.290. The number of hydrogen-bond acceptors (Lipinski definition) is 2. The number of allylic oxidation sites excluding steroid dienone is 1. The van der Waals surface area contributed by atoms with Gasteiger partial charge in [0.15, 0.2) is 11.6 Å². The van der Waals surface area contributed by atoms with E-state index in [9.17, 15) is 4.39 Å². The van der Waals surface area contributed by atoms with E-state index < -0.39 is 0 Å². The summed E-state index contributed by atoms with van der Waals surface area (Å²) in [5, 5.41) is 3.34. The van der Waals surface area contributed by atoms with Gasteiger partial charge in [-0.2, -0.15) is 0 Å². The molecule has 1 rings (SSSR count). The second kappa shape index (κ2) is 8.83. The van der Waals surface area contributed by atoms with Gasteiger partial charge in [-0.25, -0.2) is 4.39 Å². The van der Waals surface area contributed by atoms with Crippen molar-refractivity contribution in [3.05, 3.63) is 42.2 Å². The van der Waals surface area contributed by atoms with E-state index in [4.69, 9.17) is 4.74 Å². The minimum Gasteiger partial charge on any atom is -0.491 e. The van der Waals surface area contributed by atoms with Crippen molar-refractivity contribution in [3.63, 3.8) is 0 Å². The first-order valence-electron chi connectivity index (χ1n) is 7.69. The Labute approximate surface area is 128 Å². The van der Waals surface area contributed by atoms with Gasteiger partial charge in [0.05, 0.1) is 6.61 Å². The molecule has 0 bridgehead atoms. The Morgan fingerprint density at radius 3 is 2.62 bits per heavy atom. The van der Waals surface area contributed by atoms with Gasteiger partial charge in [-0.15, -0.1) is 6.58 Å². The summed E-state index contributed by atoms with van der Waals surface area (Å²) < 4.78 is 19.4. The average molecular weight is 293 g/mol. The maximum atomic E-state index is 13.9. The summed E-state index contributed by atoms with van der Waals surface area (Å²) in [5.74, 6) is 0.0625. The first-order chi connectivity index (χ1) is 9.92. The number of nitrogens with one attached hydrogen (secondary N) is 1. The number of unbranched alkanes of at least 4 members (excludes halogenated alkanes) is 3. The van der Waals surface area contributed by atoms with Gasteiger partial charge >= 0.3 is 0 Å². The van der Waals surface area contributed by atoms with Gasteiger partial charge in [0.1, 0.15) is 0 Å². The Bertz CT molecular complexity index is 437. The number of benzene rings is 1. The van der Waals surface area contributed by atoms with Crippen LogP contribution in [0.4, 0.5) is 4.39 Å². The molecular weight excluding hydrogens is 265 g/mol. The van der Waals surface area contributed by atoms with Crippen molar-refractivity contribution in [2.24, 2.45) is 0 Å². The Balaban J connectivity index is 2.38. The highest BCUT2D eigenvalue weighted by Crippen LogP contribution is 2.19. The highest BCUT2D eigenvalue weighted by atomic mass is 19.1. The van der Waals surface area contributed by atoms with Crippen LogP contribution in [0.3, 0.4) is 0 Å². The Morgan fingerprint density at radius 2 is 2.00 bits per heavy atom. The predicted octanol–water partition coefficient (Wildman–Crippen LogP) is 4.84. The third kappa shape index (κ3) is 7.86. The normalized spacial score (nSPS) is 11.4. The lowest BCUT2D eigenvalue weighted by Gasteiger charge is -2.20. The molecule has 0 heterocycles. The van der Waals surface area contributed by atoms with E-state index in [1.807, 2.05) is 12.1 Å². The van der Waals surface area contributed by atoms with Gasteiger partial charge < -0.3 is 10.1 Å². The summed E-state index contributed by atoms with van der Waals surface area (Å²) in [7, 11) is 0. The molecule has 118 valence electrons. The lowest BCUT2D eigenvalue weighted by Crippen LogP contribution is -2.35. The SMILES string of the molecule is C=CCCCCCOc1ccc(CNC(C)(C)C)cc1F. The van der Waals surface area contributed by atoms with Crippen molar-refractivity contribution in [2.75, 3.05) is 6.61 Å². The van der Waals surface area contributed by atoms with Crippen LogP contribution in [-0.2, 0) is 6.54 Å². The van der Waals surface area contributed by atoms with Gasteiger partial charge in [0.2, 0.25) is 0 Å². The summed E-state index contributed by atoms with van der Waals surface area (Å²) in [4.78, 5) is 0. The average Bonchev–Trinajstić information content (AvgIpc) is 2.41. The topological polar surface area (TPSA) is 21.3 Å². The first kappa shape index (κ1) is 17.7. The van der Waals surface area contributed by atoms with E-state index in [-0.39, 0.29) is 11.4 Å². The van der Waals surface area contributed by atoms with E-state index in [2.05, 4.69) is 32.7 Å². The van der Waals surface area contributed by atoms with E-state index in [1.54, 1.807) is 12.1 Å². The summed E-state index contributed by atoms with van der Waals surface area (Å²) in [6, 6.07) is 5.18. The summed E-state index contributed by atoms with van der Waals surface area (Å²) >= 11 is 0. The number of ether oxygens (including phenoxy) is 1. The van der Waals surface area contributed by atoms with Crippen molar-refractivity contribution < 1.29 is 9.13 Å². The van der Waals surface area contributed by atoms with Crippen LogP contribution in [0, 0.1) is 5.82 Å². The molecule has 0 saturated heterocycles. The predicted molar refractivity (Wildman–Crippen MR) is 87.2 cm³/mol. The van der Waals surface area contributed by atoms with Crippen LogP contribution in [-0.4, -0.2) is 12.1 Å². The molecule has 1 aromatic rings. The third-order valence-electron chi connectivity index (χ3n) is 3.13. The van der Waals surface area contributed by atoms with Crippen LogP contribution < -0.4 is 10.1 Å². The van der Waals surface area contributed by atoms with Crippen LogP contribution >= 0.6 is 0 Å². The lowest BCUT2D eigenvalue weighted by atomic mass is 10.1. The molecule has 0 saturated carbocycles. The Morgan fingerprint density at radius 1 is 1.24 bits per heavy atom. The highest BCUT2D eigenvalue weighted by molar-refractivity contribution is 5.29. The molecule has 21 heavy (non-hydrogen) atoms. The molecule has 0 aliphatic carbocycles. The van der Waals surface area contributed by atoms with Gasteiger partial charge in [0, 0.05) is 12.1 Å². The molecule has 0 fully saturated rings. The zero-order valence-electron chi connectivity index (χ0n) is 13.5. The first-order valence-corrected chi connectivity index (χ1v) is 7.69. The molecule has 0 radical (unpaired) electrons. The zero-order valence-corrected chi connectivity index (χ0v) is 13.5. The monoisotopic (exact) mass is 293 g/mol. The molecule has 0 amide bonds. The molecule has 2 nitrogen and oxygen atoms in total. The van der Waals surface area contributed by atoms with Gasteiger partial charge in [0.25, 0.3) is 0 Å². The largest absolute Gasteiger partial charge is 0.491 e. The minimum absolute atomic E-state index is 0.0249. The van der Waals surface area contributed by atoms with E-state index in [0.717, 1.165) is 31.2 Å². The molecule has 0 spiro atoms. The Kier molecular flexibility index (Phi) is 7.44. The molecule has 0 unspecified atom stereocenters. The van der Waals surface area contributed by atoms with Crippen LogP contribution in [0.1, 0.15) is 52.0 Å². The highest BCUT2D eigenvalue weighted by Gasteiger charge is 2.10. The minimum atomic E-state index is -0.283. The smallest absolute Gasteiger partial charge is 0.165 e. The molecule has 0 atom stereocenters. The number of rotatable bonds is 9. The molecule has 0 aromatic heterocycles. The maximum absolute atomic E-state index is 13.9. The van der Waals surface area contributed by atoms with Crippen molar-refractivity contribution in [1.29, 1.82) is 0 Å². The fraction of sp³-hybridized carbons (Fsp3) is 0.556. The quantitative estimate of drug-likeness (QED) is 0.519. The number of halogens is 1. The van der Waals surface area contributed by atoms with E-state index in [0.29, 0.717) is 18.9 Å². The fourth-order valence-corrected chi connectivity index (χ4v) is 1.89. The Hall–Kier alpha value is -1.35.